The van der Waals surface area contributed by atoms with Crippen LogP contribution in [-0.2, 0) is 13.1 Å². The van der Waals surface area contributed by atoms with Crippen LogP contribution >= 0.6 is 0 Å². The second kappa shape index (κ2) is 5.89. The molecule has 18 heavy (non-hydrogen) atoms. The highest BCUT2D eigenvalue weighted by atomic mass is 16.3. The Bertz CT molecular complexity index is 382. The number of furan rings is 1. The molecule has 0 spiro atoms. The number of nitrogens with one attached hydrogen (secondary N) is 1. The maximum absolute atomic E-state index is 5.95. The number of nitrogens with zero attached hydrogens (tertiary/aromatic N) is 1. The molecule has 1 aromatic rings. The van der Waals surface area contributed by atoms with Gasteiger partial charge in [0.2, 0.25) is 0 Å². The Morgan fingerprint density at radius 1 is 1.50 bits per heavy atom. The van der Waals surface area contributed by atoms with Gasteiger partial charge in [-0.3, -0.25) is 4.90 Å². The molecule has 0 bridgehead atoms. The summed E-state index contributed by atoms with van der Waals surface area (Å²) < 4.78 is 5.95. The van der Waals surface area contributed by atoms with Gasteiger partial charge in [-0.1, -0.05) is 6.92 Å². The van der Waals surface area contributed by atoms with Gasteiger partial charge < -0.3 is 9.73 Å². The van der Waals surface area contributed by atoms with Crippen LogP contribution in [0.4, 0.5) is 0 Å². The molecule has 0 radical (unpaired) electrons. The van der Waals surface area contributed by atoms with Crippen molar-refractivity contribution in [1.82, 2.24) is 10.2 Å². The molecule has 1 unspecified atom stereocenters. The highest BCUT2D eigenvalue weighted by Gasteiger charge is 2.21. The van der Waals surface area contributed by atoms with Crippen molar-refractivity contribution < 1.29 is 4.42 Å². The summed E-state index contributed by atoms with van der Waals surface area (Å²) in [5, 5.41) is 3.51. The monoisotopic (exact) mass is 250 g/mol. The first kappa shape index (κ1) is 13.6. The molecule has 3 nitrogen and oxygen atoms in total. The van der Waals surface area contributed by atoms with E-state index in [9.17, 15) is 0 Å². The minimum absolute atomic E-state index is 0.600. The van der Waals surface area contributed by atoms with E-state index in [1.165, 1.54) is 24.8 Å². The van der Waals surface area contributed by atoms with Crippen LogP contribution in [0, 0.1) is 6.92 Å². The van der Waals surface area contributed by atoms with Gasteiger partial charge >= 0.3 is 0 Å². The molecule has 1 fully saturated rings. The van der Waals surface area contributed by atoms with Crippen molar-refractivity contribution in [1.29, 1.82) is 0 Å². The molecule has 2 rings (SSSR count). The number of aryl methyl sites for hydroxylation is 1. The first-order chi connectivity index (χ1) is 8.60. The molecule has 1 N–H and O–H groups in total. The maximum Gasteiger partial charge on any atom is 0.120 e. The van der Waals surface area contributed by atoms with Crippen molar-refractivity contribution in [2.45, 2.75) is 65.2 Å². The summed E-state index contributed by atoms with van der Waals surface area (Å²) in [4.78, 5) is 2.34. The molecule has 0 aliphatic heterocycles. The van der Waals surface area contributed by atoms with Crippen LogP contribution in [0.25, 0.3) is 0 Å². The summed E-state index contributed by atoms with van der Waals surface area (Å²) in [5.41, 5.74) is 1.27. The van der Waals surface area contributed by atoms with Crippen molar-refractivity contribution in [2.75, 3.05) is 7.05 Å². The van der Waals surface area contributed by atoms with Gasteiger partial charge in [-0.2, -0.15) is 0 Å². The predicted molar refractivity (Wildman–Crippen MR) is 74.5 cm³/mol. The lowest BCUT2D eigenvalue weighted by molar-refractivity contribution is 0.222. The number of hydrogen-bond acceptors (Lipinski definition) is 3. The number of hydrogen-bond donors (Lipinski definition) is 1. The van der Waals surface area contributed by atoms with Gasteiger partial charge in [-0.15, -0.1) is 0 Å². The van der Waals surface area contributed by atoms with Gasteiger partial charge in [0.1, 0.15) is 11.5 Å². The molecule has 1 aliphatic carbocycles. The minimum Gasteiger partial charge on any atom is -0.463 e. The molecule has 1 aromatic heterocycles. The standard InChI is InChI=1S/C15H26N2O/c1-5-12(3)17(4)10-14-8-11(2)15(18-14)9-16-13-6-7-13/h8,12-13,16H,5-7,9-10H2,1-4H3. The van der Waals surface area contributed by atoms with Crippen LogP contribution in [0.3, 0.4) is 0 Å². The van der Waals surface area contributed by atoms with Gasteiger partial charge in [-0.25, -0.2) is 0 Å². The van der Waals surface area contributed by atoms with E-state index < -0.39 is 0 Å². The quantitative estimate of drug-likeness (QED) is 0.806. The van der Waals surface area contributed by atoms with E-state index in [0.29, 0.717) is 6.04 Å². The molecular weight excluding hydrogens is 224 g/mol. The molecule has 3 heteroatoms. The summed E-state index contributed by atoms with van der Waals surface area (Å²) in [6.07, 6.45) is 3.82. The largest absolute Gasteiger partial charge is 0.463 e. The smallest absolute Gasteiger partial charge is 0.120 e. The molecule has 1 saturated carbocycles. The molecule has 0 amide bonds. The molecule has 0 saturated heterocycles. The third-order valence-corrected chi connectivity index (χ3v) is 3.95. The first-order valence-corrected chi connectivity index (χ1v) is 7.12. The Labute approximate surface area is 111 Å². The van der Waals surface area contributed by atoms with E-state index in [4.69, 9.17) is 4.42 Å². The van der Waals surface area contributed by atoms with Crippen molar-refractivity contribution in [3.05, 3.63) is 23.2 Å². The fraction of sp³-hybridized carbons (Fsp3) is 0.733. The third kappa shape index (κ3) is 3.59. The third-order valence-electron chi connectivity index (χ3n) is 3.95. The first-order valence-electron chi connectivity index (χ1n) is 7.12. The molecule has 102 valence electrons. The normalized spacial score (nSPS) is 17.4. The average molecular weight is 250 g/mol. The highest BCUT2D eigenvalue weighted by Crippen LogP contribution is 2.21. The van der Waals surface area contributed by atoms with E-state index in [0.717, 1.165) is 30.7 Å². The van der Waals surface area contributed by atoms with Crippen LogP contribution in [0.1, 0.15) is 50.2 Å². The molecular formula is C15H26N2O. The van der Waals surface area contributed by atoms with Crippen LogP contribution in [0.2, 0.25) is 0 Å². The van der Waals surface area contributed by atoms with Gasteiger partial charge in [0, 0.05) is 12.1 Å². The Morgan fingerprint density at radius 2 is 2.22 bits per heavy atom. The minimum atomic E-state index is 0.600. The van der Waals surface area contributed by atoms with E-state index >= 15 is 0 Å². The van der Waals surface area contributed by atoms with E-state index in [-0.39, 0.29) is 0 Å². The van der Waals surface area contributed by atoms with Crippen LogP contribution < -0.4 is 5.32 Å². The van der Waals surface area contributed by atoms with Crippen LogP contribution in [0.15, 0.2) is 10.5 Å². The fourth-order valence-corrected chi connectivity index (χ4v) is 2.08. The van der Waals surface area contributed by atoms with E-state index in [2.05, 4.69) is 44.1 Å². The lowest BCUT2D eigenvalue weighted by Gasteiger charge is -2.22. The molecule has 0 aromatic carbocycles. The zero-order valence-electron chi connectivity index (χ0n) is 12.1. The summed E-state index contributed by atoms with van der Waals surface area (Å²) in [7, 11) is 2.16. The van der Waals surface area contributed by atoms with Gasteiger partial charge in [0.15, 0.2) is 0 Å². The van der Waals surface area contributed by atoms with Gasteiger partial charge in [0.05, 0.1) is 13.1 Å². The van der Waals surface area contributed by atoms with Gasteiger partial charge in [0.25, 0.3) is 0 Å². The van der Waals surface area contributed by atoms with Crippen LogP contribution in [0.5, 0.6) is 0 Å². The highest BCUT2D eigenvalue weighted by molar-refractivity contribution is 5.20. The number of rotatable bonds is 7. The second-order valence-corrected chi connectivity index (χ2v) is 5.65. The van der Waals surface area contributed by atoms with Crippen molar-refractivity contribution in [2.24, 2.45) is 0 Å². The Kier molecular flexibility index (Phi) is 4.46. The Balaban J connectivity index is 1.90. The fourth-order valence-electron chi connectivity index (χ4n) is 2.08. The predicted octanol–water partition coefficient (Wildman–Crippen LogP) is 3.07. The van der Waals surface area contributed by atoms with Crippen molar-refractivity contribution in [3.63, 3.8) is 0 Å². The van der Waals surface area contributed by atoms with Crippen LogP contribution in [-0.4, -0.2) is 24.0 Å². The van der Waals surface area contributed by atoms with Gasteiger partial charge in [-0.05, 0) is 51.8 Å². The maximum atomic E-state index is 5.95. The SMILES string of the molecule is CCC(C)N(C)Cc1cc(C)c(CNC2CC2)o1. The van der Waals surface area contributed by atoms with Crippen molar-refractivity contribution >= 4 is 0 Å². The summed E-state index contributed by atoms with van der Waals surface area (Å²) >= 11 is 0. The molecule has 1 heterocycles. The topological polar surface area (TPSA) is 28.4 Å². The summed E-state index contributed by atoms with van der Waals surface area (Å²) in [6, 6.07) is 3.52. The summed E-state index contributed by atoms with van der Waals surface area (Å²) in [5.74, 6) is 2.19. The van der Waals surface area contributed by atoms with Crippen molar-refractivity contribution in [3.8, 4) is 0 Å². The molecule has 1 aliphatic rings. The lowest BCUT2D eigenvalue weighted by Crippen LogP contribution is -2.27. The zero-order chi connectivity index (χ0) is 13.1. The Hall–Kier alpha value is -0.800. The van der Waals surface area contributed by atoms with E-state index in [1.54, 1.807) is 0 Å². The molecule has 1 atom stereocenters. The average Bonchev–Trinajstić information content (AvgIpc) is 3.11. The Morgan fingerprint density at radius 3 is 2.83 bits per heavy atom. The van der Waals surface area contributed by atoms with E-state index in [1.807, 2.05) is 0 Å². The summed E-state index contributed by atoms with van der Waals surface area (Å²) in [6.45, 7) is 8.40. The zero-order valence-corrected chi connectivity index (χ0v) is 12.1. The lowest BCUT2D eigenvalue weighted by atomic mass is 10.2. The second-order valence-electron chi connectivity index (χ2n) is 5.65.